The molecule has 3 aromatic carbocycles. The lowest BCUT2D eigenvalue weighted by Gasteiger charge is -2.20. The van der Waals surface area contributed by atoms with Crippen molar-refractivity contribution in [3.05, 3.63) is 90.0 Å². The fourth-order valence-corrected chi connectivity index (χ4v) is 4.30. The van der Waals surface area contributed by atoms with Crippen LogP contribution < -0.4 is 4.74 Å². The number of aromatic nitrogens is 1. The normalized spacial score (nSPS) is 12.2. The molecule has 28 heavy (non-hydrogen) atoms. The minimum absolute atomic E-state index is 0.600. The van der Waals surface area contributed by atoms with Crippen molar-refractivity contribution >= 4 is 0 Å². The van der Waals surface area contributed by atoms with Gasteiger partial charge in [0.1, 0.15) is 12.4 Å². The Kier molecular flexibility index (Phi) is 4.05. The van der Waals surface area contributed by atoms with Gasteiger partial charge in [-0.3, -0.25) is 0 Å². The fraction of sp³-hybridized carbons (Fsp3) is 0.154. The van der Waals surface area contributed by atoms with E-state index in [9.17, 15) is 0 Å². The Labute approximate surface area is 166 Å². The van der Waals surface area contributed by atoms with Crippen LogP contribution in [0.4, 0.5) is 0 Å². The summed E-state index contributed by atoms with van der Waals surface area (Å²) in [5.41, 5.74) is 10.1. The molecule has 1 aliphatic heterocycles. The van der Waals surface area contributed by atoms with E-state index in [1.54, 1.807) is 0 Å². The summed E-state index contributed by atoms with van der Waals surface area (Å²) in [7, 11) is 0. The second kappa shape index (κ2) is 6.72. The average molecular weight is 365 g/mol. The zero-order chi connectivity index (χ0) is 19.1. The van der Waals surface area contributed by atoms with E-state index in [0.29, 0.717) is 6.61 Å². The van der Waals surface area contributed by atoms with Gasteiger partial charge in [0.15, 0.2) is 0 Å². The second-order valence-electron chi connectivity index (χ2n) is 7.31. The van der Waals surface area contributed by atoms with Gasteiger partial charge in [0.2, 0.25) is 0 Å². The Morgan fingerprint density at radius 2 is 1.50 bits per heavy atom. The number of fused-ring (bicyclic) bond motifs is 3. The molecule has 0 bridgehead atoms. The molecule has 138 valence electrons. The van der Waals surface area contributed by atoms with Gasteiger partial charge in [-0.15, -0.1) is 0 Å². The molecule has 0 saturated carbocycles. The molecule has 0 spiro atoms. The fourth-order valence-electron chi connectivity index (χ4n) is 4.30. The summed E-state index contributed by atoms with van der Waals surface area (Å²) in [5.74, 6) is 0.970. The molecule has 0 fully saturated rings. The van der Waals surface area contributed by atoms with E-state index in [1.165, 1.54) is 44.8 Å². The average Bonchev–Trinajstić information content (AvgIpc) is 3.09. The van der Waals surface area contributed by atoms with Crippen LogP contribution in [0.2, 0.25) is 0 Å². The molecule has 5 rings (SSSR count). The molecule has 0 atom stereocenters. The molecule has 0 amide bonds. The van der Waals surface area contributed by atoms with Crippen molar-refractivity contribution < 1.29 is 4.74 Å². The number of ether oxygens (including phenoxy) is 1. The lowest BCUT2D eigenvalue weighted by Crippen LogP contribution is -2.08. The van der Waals surface area contributed by atoms with Crippen molar-refractivity contribution in [1.82, 2.24) is 4.57 Å². The number of benzene rings is 3. The van der Waals surface area contributed by atoms with Crippen LogP contribution in [0.15, 0.2) is 78.9 Å². The number of hydrogen-bond acceptors (Lipinski definition) is 1. The van der Waals surface area contributed by atoms with Gasteiger partial charge in [0, 0.05) is 23.2 Å². The predicted octanol–water partition coefficient (Wildman–Crippen LogP) is 6.71. The van der Waals surface area contributed by atoms with Crippen LogP contribution in [0.3, 0.4) is 0 Å². The van der Waals surface area contributed by atoms with Gasteiger partial charge >= 0.3 is 0 Å². The molecular weight excluding hydrogens is 342 g/mol. The van der Waals surface area contributed by atoms with E-state index >= 15 is 0 Å². The first-order valence-electron chi connectivity index (χ1n) is 9.88. The van der Waals surface area contributed by atoms with Crippen molar-refractivity contribution in [2.24, 2.45) is 0 Å². The Morgan fingerprint density at radius 3 is 2.25 bits per heavy atom. The summed E-state index contributed by atoms with van der Waals surface area (Å²) in [6, 6.07) is 27.9. The van der Waals surface area contributed by atoms with E-state index in [-0.39, 0.29) is 0 Å². The third-order valence-electron chi connectivity index (χ3n) is 5.58. The van der Waals surface area contributed by atoms with Crippen LogP contribution in [0.25, 0.3) is 33.6 Å². The third kappa shape index (κ3) is 2.56. The SMILES string of the molecule is CCn1c2c(c(-c3ccccc3)c1-c1ccc(C)cc1)COc1ccccc1-2. The molecule has 2 nitrogen and oxygen atoms in total. The molecule has 4 aromatic rings. The molecular formula is C26H23NO. The van der Waals surface area contributed by atoms with Crippen molar-refractivity contribution in [3.63, 3.8) is 0 Å². The summed E-state index contributed by atoms with van der Waals surface area (Å²) in [4.78, 5) is 0. The smallest absolute Gasteiger partial charge is 0.129 e. The van der Waals surface area contributed by atoms with E-state index in [0.717, 1.165) is 12.3 Å². The zero-order valence-electron chi connectivity index (χ0n) is 16.3. The van der Waals surface area contributed by atoms with Crippen molar-refractivity contribution in [2.75, 3.05) is 0 Å². The topological polar surface area (TPSA) is 14.2 Å². The van der Waals surface area contributed by atoms with Crippen LogP contribution in [0.1, 0.15) is 18.1 Å². The number of rotatable bonds is 3. The summed E-state index contributed by atoms with van der Waals surface area (Å²) < 4.78 is 8.63. The Balaban J connectivity index is 1.88. The van der Waals surface area contributed by atoms with E-state index < -0.39 is 0 Å². The number of aryl methyl sites for hydroxylation is 1. The first kappa shape index (κ1) is 16.9. The maximum Gasteiger partial charge on any atom is 0.129 e. The largest absolute Gasteiger partial charge is 0.488 e. The zero-order valence-corrected chi connectivity index (χ0v) is 16.3. The van der Waals surface area contributed by atoms with Gasteiger partial charge in [-0.05, 0) is 37.1 Å². The van der Waals surface area contributed by atoms with Crippen molar-refractivity contribution in [3.8, 4) is 39.4 Å². The molecule has 0 aliphatic carbocycles. The number of nitrogens with zero attached hydrogens (tertiary/aromatic N) is 1. The Bertz CT molecular complexity index is 1140. The van der Waals surface area contributed by atoms with Crippen molar-refractivity contribution in [2.45, 2.75) is 27.0 Å². The van der Waals surface area contributed by atoms with E-state index in [4.69, 9.17) is 4.74 Å². The molecule has 0 unspecified atom stereocenters. The van der Waals surface area contributed by atoms with Gasteiger partial charge in [-0.25, -0.2) is 0 Å². The maximum absolute atomic E-state index is 6.17. The highest BCUT2D eigenvalue weighted by atomic mass is 16.5. The number of hydrogen-bond donors (Lipinski definition) is 0. The summed E-state index contributed by atoms with van der Waals surface area (Å²) >= 11 is 0. The molecule has 1 aliphatic rings. The first-order valence-corrected chi connectivity index (χ1v) is 9.88. The van der Waals surface area contributed by atoms with Crippen LogP contribution >= 0.6 is 0 Å². The third-order valence-corrected chi connectivity index (χ3v) is 5.58. The van der Waals surface area contributed by atoms with Gasteiger partial charge in [0.25, 0.3) is 0 Å². The van der Waals surface area contributed by atoms with Crippen molar-refractivity contribution in [1.29, 1.82) is 0 Å². The summed E-state index contributed by atoms with van der Waals surface area (Å²) in [6.07, 6.45) is 0. The van der Waals surface area contributed by atoms with Crippen LogP contribution in [-0.4, -0.2) is 4.57 Å². The van der Waals surface area contributed by atoms with Crippen LogP contribution in [0, 0.1) is 6.92 Å². The van der Waals surface area contributed by atoms with Gasteiger partial charge in [-0.2, -0.15) is 0 Å². The molecule has 2 heteroatoms. The second-order valence-corrected chi connectivity index (χ2v) is 7.31. The van der Waals surface area contributed by atoms with Gasteiger partial charge in [0.05, 0.1) is 11.4 Å². The van der Waals surface area contributed by atoms with E-state index in [2.05, 4.69) is 91.2 Å². The Morgan fingerprint density at radius 1 is 0.786 bits per heavy atom. The predicted molar refractivity (Wildman–Crippen MR) is 115 cm³/mol. The highest BCUT2D eigenvalue weighted by molar-refractivity contribution is 5.92. The van der Waals surface area contributed by atoms with Gasteiger partial charge in [-0.1, -0.05) is 72.3 Å². The lowest BCUT2D eigenvalue weighted by atomic mass is 9.94. The monoisotopic (exact) mass is 365 g/mol. The molecule has 0 N–H and O–H groups in total. The quantitative estimate of drug-likeness (QED) is 0.393. The van der Waals surface area contributed by atoms with Gasteiger partial charge < -0.3 is 9.30 Å². The van der Waals surface area contributed by atoms with Crippen LogP contribution in [0.5, 0.6) is 5.75 Å². The maximum atomic E-state index is 6.17. The summed E-state index contributed by atoms with van der Waals surface area (Å²) in [5, 5.41) is 0. The highest BCUT2D eigenvalue weighted by Crippen LogP contribution is 2.48. The molecule has 0 saturated heterocycles. The lowest BCUT2D eigenvalue weighted by molar-refractivity contribution is 0.302. The summed E-state index contributed by atoms with van der Waals surface area (Å²) in [6.45, 7) is 5.87. The molecule has 1 aromatic heterocycles. The number of para-hydroxylation sites is 1. The molecule has 2 heterocycles. The molecule has 0 radical (unpaired) electrons. The Hall–Kier alpha value is -3.26. The van der Waals surface area contributed by atoms with E-state index in [1.807, 2.05) is 6.07 Å². The van der Waals surface area contributed by atoms with Crippen LogP contribution in [-0.2, 0) is 13.2 Å². The standard InChI is InChI=1S/C26H23NO/c1-3-27-25(20-15-13-18(2)14-16-20)24(19-9-5-4-6-10-19)22-17-28-23-12-8-7-11-21(23)26(22)27/h4-16H,3,17H2,1-2H3. The minimum atomic E-state index is 0.600. The first-order chi connectivity index (χ1) is 13.8. The minimum Gasteiger partial charge on any atom is -0.488 e. The highest BCUT2D eigenvalue weighted by Gasteiger charge is 2.29.